The summed E-state index contributed by atoms with van der Waals surface area (Å²) in [6, 6.07) is 3.90. The number of amides is 1. The van der Waals surface area contributed by atoms with Crippen LogP contribution in [-0.2, 0) is 0 Å². The first-order valence-corrected chi connectivity index (χ1v) is 9.75. The van der Waals surface area contributed by atoms with E-state index in [4.69, 9.17) is 4.52 Å². The van der Waals surface area contributed by atoms with E-state index in [0.717, 1.165) is 18.4 Å². The molecule has 1 aliphatic rings. The highest BCUT2D eigenvalue weighted by Gasteiger charge is 2.19. The van der Waals surface area contributed by atoms with Crippen molar-refractivity contribution in [2.45, 2.75) is 57.9 Å². The summed E-state index contributed by atoms with van der Waals surface area (Å²) >= 11 is 0. The SMILES string of the molecule is CC(C)c1noc(-c2ccnc(-n3cnc(C(=O)NC4CCCCC4)c3)c2)n1. The molecule has 1 N–H and O–H groups in total. The molecule has 0 aliphatic heterocycles. The van der Waals surface area contributed by atoms with Crippen molar-refractivity contribution < 1.29 is 9.32 Å². The highest BCUT2D eigenvalue weighted by molar-refractivity contribution is 5.92. The Morgan fingerprint density at radius 2 is 2.07 bits per heavy atom. The molecule has 3 aromatic rings. The number of carbonyl (C=O) groups is 1. The summed E-state index contributed by atoms with van der Waals surface area (Å²) < 4.78 is 7.07. The van der Waals surface area contributed by atoms with Crippen LogP contribution in [0.1, 0.15) is 68.2 Å². The number of hydrogen-bond donors (Lipinski definition) is 1. The van der Waals surface area contributed by atoms with E-state index in [1.807, 2.05) is 26.0 Å². The Kier molecular flexibility index (Phi) is 5.18. The van der Waals surface area contributed by atoms with Gasteiger partial charge in [0, 0.05) is 29.9 Å². The number of nitrogens with zero attached hydrogens (tertiary/aromatic N) is 5. The smallest absolute Gasteiger partial charge is 0.271 e. The van der Waals surface area contributed by atoms with Gasteiger partial charge in [0.25, 0.3) is 11.8 Å². The molecule has 3 aromatic heterocycles. The second kappa shape index (κ2) is 7.92. The van der Waals surface area contributed by atoms with Gasteiger partial charge in [-0.3, -0.25) is 9.36 Å². The predicted molar refractivity (Wildman–Crippen MR) is 103 cm³/mol. The Labute approximate surface area is 163 Å². The lowest BCUT2D eigenvalue weighted by atomic mass is 9.95. The van der Waals surface area contributed by atoms with Crippen LogP contribution in [0.5, 0.6) is 0 Å². The quantitative estimate of drug-likeness (QED) is 0.727. The summed E-state index contributed by atoms with van der Waals surface area (Å²) in [5, 5.41) is 7.08. The molecule has 28 heavy (non-hydrogen) atoms. The molecule has 8 nitrogen and oxygen atoms in total. The van der Waals surface area contributed by atoms with Crippen LogP contribution >= 0.6 is 0 Å². The summed E-state index contributed by atoms with van der Waals surface area (Å²) in [5.41, 5.74) is 1.16. The third-order valence-electron chi connectivity index (χ3n) is 4.97. The van der Waals surface area contributed by atoms with Crippen LogP contribution in [0.4, 0.5) is 0 Å². The van der Waals surface area contributed by atoms with Gasteiger partial charge in [-0.05, 0) is 25.0 Å². The highest BCUT2D eigenvalue weighted by atomic mass is 16.5. The summed E-state index contributed by atoms with van der Waals surface area (Å²) in [5.74, 6) is 1.80. The summed E-state index contributed by atoms with van der Waals surface area (Å²) in [6.45, 7) is 4.02. The maximum absolute atomic E-state index is 12.5. The van der Waals surface area contributed by atoms with Crippen molar-refractivity contribution >= 4 is 5.91 Å². The normalized spacial score (nSPS) is 15.1. The monoisotopic (exact) mass is 380 g/mol. The van der Waals surface area contributed by atoms with E-state index in [1.165, 1.54) is 19.3 Å². The van der Waals surface area contributed by atoms with E-state index < -0.39 is 0 Å². The number of imidazole rings is 1. The maximum Gasteiger partial charge on any atom is 0.271 e. The van der Waals surface area contributed by atoms with Crippen LogP contribution in [0.3, 0.4) is 0 Å². The Hall–Kier alpha value is -3.03. The van der Waals surface area contributed by atoms with E-state index in [-0.39, 0.29) is 17.9 Å². The van der Waals surface area contributed by atoms with Crippen molar-refractivity contribution in [3.05, 3.63) is 42.4 Å². The third kappa shape index (κ3) is 3.95. The van der Waals surface area contributed by atoms with Crippen LogP contribution in [0.15, 0.2) is 35.4 Å². The molecule has 0 spiro atoms. The molecule has 146 valence electrons. The van der Waals surface area contributed by atoms with E-state index in [1.54, 1.807) is 23.3 Å². The molecule has 0 saturated heterocycles. The average molecular weight is 380 g/mol. The molecule has 0 unspecified atom stereocenters. The average Bonchev–Trinajstić information content (AvgIpc) is 3.39. The Morgan fingerprint density at radius 1 is 1.25 bits per heavy atom. The molecule has 4 rings (SSSR count). The molecule has 0 atom stereocenters. The summed E-state index contributed by atoms with van der Waals surface area (Å²) in [4.78, 5) is 25.5. The molecule has 8 heteroatoms. The number of pyridine rings is 1. The topological polar surface area (TPSA) is 98.7 Å². The van der Waals surface area contributed by atoms with Crippen molar-refractivity contribution in [3.63, 3.8) is 0 Å². The van der Waals surface area contributed by atoms with Gasteiger partial charge >= 0.3 is 0 Å². The zero-order valence-corrected chi connectivity index (χ0v) is 16.1. The first-order chi connectivity index (χ1) is 13.6. The van der Waals surface area contributed by atoms with Gasteiger partial charge in [-0.2, -0.15) is 4.98 Å². The number of aromatic nitrogens is 5. The van der Waals surface area contributed by atoms with Crippen LogP contribution in [0.2, 0.25) is 0 Å². The second-order valence-electron chi connectivity index (χ2n) is 7.49. The van der Waals surface area contributed by atoms with Gasteiger partial charge in [-0.15, -0.1) is 0 Å². The van der Waals surface area contributed by atoms with Gasteiger partial charge in [0.1, 0.15) is 17.8 Å². The number of carbonyl (C=O) groups excluding carboxylic acids is 1. The van der Waals surface area contributed by atoms with Crippen LogP contribution < -0.4 is 5.32 Å². The Morgan fingerprint density at radius 3 is 2.82 bits per heavy atom. The minimum atomic E-state index is -0.139. The zero-order chi connectivity index (χ0) is 19.5. The van der Waals surface area contributed by atoms with Crippen molar-refractivity contribution in [2.24, 2.45) is 0 Å². The van der Waals surface area contributed by atoms with Crippen molar-refractivity contribution in [3.8, 4) is 17.3 Å². The van der Waals surface area contributed by atoms with Gasteiger partial charge in [0.15, 0.2) is 5.82 Å². The molecular weight excluding hydrogens is 356 g/mol. The molecule has 1 amide bonds. The van der Waals surface area contributed by atoms with Gasteiger partial charge < -0.3 is 9.84 Å². The Balaban J connectivity index is 1.51. The number of hydrogen-bond acceptors (Lipinski definition) is 6. The number of nitrogens with one attached hydrogen (secondary N) is 1. The molecule has 0 bridgehead atoms. The zero-order valence-electron chi connectivity index (χ0n) is 16.1. The minimum absolute atomic E-state index is 0.139. The van der Waals surface area contributed by atoms with Crippen molar-refractivity contribution in [1.29, 1.82) is 0 Å². The van der Waals surface area contributed by atoms with Gasteiger partial charge in [0.05, 0.1) is 0 Å². The van der Waals surface area contributed by atoms with Gasteiger partial charge in [0.2, 0.25) is 0 Å². The molecule has 1 saturated carbocycles. The fraction of sp³-hybridized carbons (Fsp3) is 0.450. The second-order valence-corrected chi connectivity index (χ2v) is 7.49. The molecule has 0 radical (unpaired) electrons. The number of rotatable bonds is 5. The fourth-order valence-electron chi connectivity index (χ4n) is 3.35. The molecule has 0 aromatic carbocycles. The van der Waals surface area contributed by atoms with Gasteiger partial charge in [-0.1, -0.05) is 38.3 Å². The van der Waals surface area contributed by atoms with Crippen molar-refractivity contribution in [2.75, 3.05) is 0 Å². The van der Waals surface area contributed by atoms with E-state index in [9.17, 15) is 4.79 Å². The van der Waals surface area contributed by atoms with E-state index in [0.29, 0.717) is 23.2 Å². The standard InChI is InChI=1S/C20H24N6O2/c1-13(2)18-24-20(28-25-18)14-8-9-21-17(10-14)26-11-16(22-12-26)19(27)23-15-6-4-3-5-7-15/h8-13,15H,3-7H2,1-2H3,(H,23,27). The van der Waals surface area contributed by atoms with E-state index >= 15 is 0 Å². The Bertz CT molecular complexity index is 955. The highest BCUT2D eigenvalue weighted by Crippen LogP contribution is 2.22. The lowest BCUT2D eigenvalue weighted by molar-refractivity contribution is 0.0923. The fourth-order valence-corrected chi connectivity index (χ4v) is 3.35. The largest absolute Gasteiger partial charge is 0.348 e. The lowest BCUT2D eigenvalue weighted by Gasteiger charge is -2.22. The first kappa shape index (κ1) is 18.3. The minimum Gasteiger partial charge on any atom is -0.348 e. The summed E-state index contributed by atoms with van der Waals surface area (Å²) in [6.07, 6.45) is 10.6. The molecule has 1 fully saturated rings. The molecule has 3 heterocycles. The van der Waals surface area contributed by atoms with Crippen LogP contribution in [0.25, 0.3) is 17.3 Å². The van der Waals surface area contributed by atoms with Gasteiger partial charge in [-0.25, -0.2) is 9.97 Å². The van der Waals surface area contributed by atoms with Crippen molar-refractivity contribution in [1.82, 2.24) is 30.0 Å². The van der Waals surface area contributed by atoms with E-state index in [2.05, 4.69) is 25.4 Å². The summed E-state index contributed by atoms with van der Waals surface area (Å²) in [7, 11) is 0. The predicted octanol–water partition coefficient (Wildman–Crippen LogP) is 3.50. The molecular formula is C20H24N6O2. The van der Waals surface area contributed by atoms with Crippen LogP contribution in [0, 0.1) is 0 Å². The van der Waals surface area contributed by atoms with Crippen LogP contribution in [-0.4, -0.2) is 36.6 Å². The first-order valence-electron chi connectivity index (χ1n) is 9.75. The maximum atomic E-state index is 12.5. The lowest BCUT2D eigenvalue weighted by Crippen LogP contribution is -2.36. The third-order valence-corrected chi connectivity index (χ3v) is 4.97. The molecule has 1 aliphatic carbocycles.